The summed E-state index contributed by atoms with van der Waals surface area (Å²) >= 11 is 1.42. The van der Waals surface area contributed by atoms with Crippen LogP contribution in [0.1, 0.15) is 48.9 Å². The summed E-state index contributed by atoms with van der Waals surface area (Å²) in [6.45, 7) is 1.49. The molecule has 2 aromatic carbocycles. The van der Waals surface area contributed by atoms with Gasteiger partial charge in [-0.25, -0.2) is 13.4 Å². The Morgan fingerprint density at radius 1 is 1.00 bits per heavy atom. The number of amides is 1. The van der Waals surface area contributed by atoms with Crippen LogP contribution in [-0.2, 0) is 10.0 Å². The van der Waals surface area contributed by atoms with Crippen molar-refractivity contribution in [2.24, 2.45) is 0 Å². The predicted octanol–water partition coefficient (Wildman–Crippen LogP) is 5.00. The van der Waals surface area contributed by atoms with Crippen molar-refractivity contribution >= 4 is 55.0 Å². The van der Waals surface area contributed by atoms with Crippen LogP contribution < -0.4 is 14.4 Å². The molecule has 1 fully saturated rings. The molecule has 9 nitrogen and oxygen atoms in total. The Kier molecular flexibility index (Phi) is 9.38. The van der Waals surface area contributed by atoms with Gasteiger partial charge in [-0.05, 0) is 64.2 Å². The number of anilines is 1. The van der Waals surface area contributed by atoms with Gasteiger partial charge in [0, 0.05) is 37.3 Å². The molecule has 0 spiro atoms. The molecule has 1 aliphatic heterocycles. The number of hydrogen-bond donors (Lipinski definition) is 0. The summed E-state index contributed by atoms with van der Waals surface area (Å²) < 4.78 is 39.9. The molecular weight excluding hydrogens is 560 g/mol. The number of aromatic nitrogens is 1. The molecule has 0 saturated heterocycles. The van der Waals surface area contributed by atoms with Gasteiger partial charge in [-0.15, -0.1) is 12.4 Å². The number of nitrogens with zero attached hydrogens (tertiary/aromatic N) is 4. The molecule has 1 aromatic heterocycles. The lowest BCUT2D eigenvalue weighted by Gasteiger charge is -2.30. The predicted molar refractivity (Wildman–Crippen MR) is 156 cm³/mol. The Balaban J connectivity index is 0.00000353. The molecular formula is C27H35ClN4O5S2. The first-order valence-corrected chi connectivity index (χ1v) is 15.2. The van der Waals surface area contributed by atoms with Gasteiger partial charge in [-0.2, -0.15) is 4.31 Å². The van der Waals surface area contributed by atoms with Crippen molar-refractivity contribution < 1.29 is 22.7 Å². The molecule has 12 heteroatoms. The van der Waals surface area contributed by atoms with Crippen LogP contribution in [0.15, 0.2) is 41.3 Å². The summed E-state index contributed by atoms with van der Waals surface area (Å²) in [6.07, 6.45) is 5.79. The van der Waals surface area contributed by atoms with Crippen molar-refractivity contribution in [2.75, 3.05) is 45.9 Å². The van der Waals surface area contributed by atoms with E-state index in [9.17, 15) is 13.2 Å². The number of ether oxygens (including phenoxy) is 2. The molecule has 212 valence electrons. The van der Waals surface area contributed by atoms with E-state index in [0.717, 1.165) is 55.3 Å². The number of halogens is 1. The van der Waals surface area contributed by atoms with Crippen molar-refractivity contribution in [3.63, 3.8) is 0 Å². The smallest absolute Gasteiger partial charge is 0.260 e. The monoisotopic (exact) mass is 594 g/mol. The molecule has 0 unspecified atom stereocenters. The van der Waals surface area contributed by atoms with Gasteiger partial charge in [0.05, 0.1) is 15.1 Å². The summed E-state index contributed by atoms with van der Waals surface area (Å²) in [5.74, 6) is 1.11. The summed E-state index contributed by atoms with van der Waals surface area (Å²) in [5, 5.41) is 0.584. The molecule has 0 radical (unpaired) electrons. The maximum atomic E-state index is 13.7. The van der Waals surface area contributed by atoms with E-state index in [1.54, 1.807) is 24.1 Å². The lowest BCUT2D eigenvalue weighted by molar-refractivity contribution is 0.0986. The first-order chi connectivity index (χ1) is 18.2. The van der Waals surface area contributed by atoms with E-state index in [0.29, 0.717) is 28.7 Å². The van der Waals surface area contributed by atoms with E-state index < -0.39 is 10.0 Å². The third kappa shape index (κ3) is 6.33. The van der Waals surface area contributed by atoms with Crippen molar-refractivity contribution in [1.29, 1.82) is 0 Å². The fourth-order valence-corrected chi connectivity index (χ4v) is 7.40. The standard InChI is InChI=1S/C27H34N4O5S2.ClH/c1-29(2)14-7-15-31(27-28-22-16-23-24(36-18-35-23)17-25(22)37-27)26(32)19-10-12-21(13-11-19)38(33,34)30(3)20-8-5-4-6-9-20;/h10-13,16-17,20H,4-9,14-15,18H2,1-3H3;1H. The second-order valence-electron chi connectivity index (χ2n) is 10.1. The molecule has 1 amide bonds. The number of carbonyl (C=O) groups excluding carboxylic acids is 1. The van der Waals surface area contributed by atoms with Crippen LogP contribution in [-0.4, -0.2) is 75.6 Å². The van der Waals surface area contributed by atoms with E-state index in [4.69, 9.17) is 14.5 Å². The van der Waals surface area contributed by atoms with E-state index in [1.165, 1.54) is 27.8 Å². The number of hydrogen-bond acceptors (Lipinski definition) is 8. The lowest BCUT2D eigenvalue weighted by atomic mass is 9.96. The molecule has 1 saturated carbocycles. The van der Waals surface area contributed by atoms with Crippen molar-refractivity contribution in [1.82, 2.24) is 14.2 Å². The SMILES string of the molecule is CN(C)CCCN(C(=O)c1ccc(S(=O)(=O)N(C)C2CCCCC2)cc1)c1nc2cc3c(cc2s1)OCO3.Cl. The summed E-state index contributed by atoms with van der Waals surface area (Å²) in [5.41, 5.74) is 1.16. The second-order valence-corrected chi connectivity index (χ2v) is 13.1. The maximum absolute atomic E-state index is 13.7. The minimum atomic E-state index is -3.63. The zero-order valence-corrected chi connectivity index (χ0v) is 24.9. The Hall–Kier alpha value is -2.44. The molecule has 2 heterocycles. The maximum Gasteiger partial charge on any atom is 0.260 e. The number of thiazole rings is 1. The van der Waals surface area contributed by atoms with Gasteiger partial charge < -0.3 is 14.4 Å². The van der Waals surface area contributed by atoms with Crippen LogP contribution >= 0.6 is 23.7 Å². The molecule has 0 bridgehead atoms. The highest BCUT2D eigenvalue weighted by Crippen LogP contribution is 2.40. The molecule has 1 aliphatic carbocycles. The summed E-state index contributed by atoms with van der Waals surface area (Å²) in [7, 11) is 2.02. The topological polar surface area (TPSA) is 92.3 Å². The van der Waals surface area contributed by atoms with E-state index in [2.05, 4.69) is 4.90 Å². The number of benzene rings is 2. The normalized spacial score (nSPS) is 15.6. The number of fused-ring (bicyclic) bond motifs is 2. The van der Waals surface area contributed by atoms with E-state index in [-0.39, 0.29) is 36.0 Å². The van der Waals surface area contributed by atoms with Crippen LogP contribution in [0.5, 0.6) is 11.5 Å². The number of rotatable bonds is 9. The van der Waals surface area contributed by atoms with Gasteiger partial charge in [0.2, 0.25) is 16.8 Å². The quantitative estimate of drug-likeness (QED) is 0.344. The fourth-order valence-electron chi connectivity index (χ4n) is 4.98. The van der Waals surface area contributed by atoms with Crippen LogP contribution in [0.4, 0.5) is 5.13 Å². The van der Waals surface area contributed by atoms with Crippen LogP contribution in [0, 0.1) is 0 Å². The molecule has 0 atom stereocenters. The van der Waals surface area contributed by atoms with Crippen LogP contribution in [0.25, 0.3) is 10.2 Å². The average molecular weight is 595 g/mol. The molecule has 0 N–H and O–H groups in total. The minimum Gasteiger partial charge on any atom is -0.454 e. The van der Waals surface area contributed by atoms with Crippen LogP contribution in [0.2, 0.25) is 0 Å². The third-order valence-electron chi connectivity index (χ3n) is 7.20. The zero-order chi connectivity index (χ0) is 26.9. The molecule has 39 heavy (non-hydrogen) atoms. The Morgan fingerprint density at radius 3 is 2.33 bits per heavy atom. The largest absolute Gasteiger partial charge is 0.454 e. The molecule has 3 aromatic rings. The fraction of sp³-hybridized carbons (Fsp3) is 0.481. The highest BCUT2D eigenvalue weighted by Gasteiger charge is 2.30. The second kappa shape index (κ2) is 12.4. The van der Waals surface area contributed by atoms with Gasteiger partial charge in [0.25, 0.3) is 5.91 Å². The van der Waals surface area contributed by atoms with Gasteiger partial charge in [-0.3, -0.25) is 9.69 Å². The molecule has 2 aliphatic rings. The van der Waals surface area contributed by atoms with Gasteiger partial charge in [0.15, 0.2) is 16.6 Å². The van der Waals surface area contributed by atoms with E-state index >= 15 is 0 Å². The number of carbonyl (C=O) groups is 1. The highest BCUT2D eigenvalue weighted by atomic mass is 35.5. The number of sulfonamides is 1. The van der Waals surface area contributed by atoms with Crippen LogP contribution in [0.3, 0.4) is 0 Å². The average Bonchev–Trinajstić information content (AvgIpc) is 3.55. The third-order valence-corrected chi connectivity index (χ3v) is 10.2. The Morgan fingerprint density at radius 2 is 1.67 bits per heavy atom. The van der Waals surface area contributed by atoms with Crippen molar-refractivity contribution in [2.45, 2.75) is 49.5 Å². The highest BCUT2D eigenvalue weighted by molar-refractivity contribution is 7.89. The van der Waals surface area contributed by atoms with Crippen molar-refractivity contribution in [3.8, 4) is 11.5 Å². The van der Waals surface area contributed by atoms with Gasteiger partial charge in [0.1, 0.15) is 0 Å². The first-order valence-electron chi connectivity index (χ1n) is 13.0. The zero-order valence-electron chi connectivity index (χ0n) is 22.5. The Bertz CT molecular complexity index is 1360. The first kappa shape index (κ1) is 29.5. The lowest BCUT2D eigenvalue weighted by Crippen LogP contribution is -2.38. The molecule has 5 rings (SSSR count). The van der Waals surface area contributed by atoms with Gasteiger partial charge in [-0.1, -0.05) is 30.6 Å². The van der Waals surface area contributed by atoms with Gasteiger partial charge >= 0.3 is 0 Å². The van der Waals surface area contributed by atoms with E-state index in [1.807, 2.05) is 26.2 Å². The Labute approximate surface area is 240 Å². The summed E-state index contributed by atoms with van der Waals surface area (Å²) in [6, 6.07) is 10.0. The summed E-state index contributed by atoms with van der Waals surface area (Å²) in [4.78, 5) is 22.4. The minimum absolute atomic E-state index is 0. The van der Waals surface area contributed by atoms with Crippen molar-refractivity contribution in [3.05, 3.63) is 42.0 Å².